The molecule has 3 rings (SSSR count). The van der Waals surface area contributed by atoms with Crippen molar-refractivity contribution in [1.82, 2.24) is 0 Å². The van der Waals surface area contributed by atoms with E-state index in [2.05, 4.69) is 5.32 Å². The summed E-state index contributed by atoms with van der Waals surface area (Å²) in [6.07, 6.45) is 0. The van der Waals surface area contributed by atoms with Crippen LogP contribution in [0.2, 0.25) is 0 Å². The van der Waals surface area contributed by atoms with Gasteiger partial charge in [-0.2, -0.15) is 0 Å². The molecule has 130 valence electrons. The largest absolute Gasteiger partial charge is 0.505 e. The van der Waals surface area contributed by atoms with Crippen molar-refractivity contribution in [3.8, 4) is 5.75 Å². The Balaban J connectivity index is 2.01. The van der Waals surface area contributed by atoms with Crippen LogP contribution in [0.3, 0.4) is 0 Å². The van der Waals surface area contributed by atoms with Gasteiger partial charge in [-0.15, -0.1) is 0 Å². The van der Waals surface area contributed by atoms with E-state index in [1.165, 1.54) is 18.2 Å². The molecular formula is C21H17NO4. The molecule has 0 unspecified atom stereocenters. The Morgan fingerprint density at radius 1 is 0.769 bits per heavy atom. The minimum atomic E-state index is -1.19. The number of aromatic carboxylic acids is 1. The van der Waals surface area contributed by atoms with Gasteiger partial charge >= 0.3 is 5.97 Å². The second-order valence-corrected chi connectivity index (χ2v) is 5.82. The molecule has 0 atom stereocenters. The Bertz CT molecular complexity index is 995. The molecule has 0 bridgehead atoms. The van der Waals surface area contributed by atoms with Gasteiger partial charge in [0.05, 0.1) is 16.8 Å². The molecule has 0 spiro atoms. The van der Waals surface area contributed by atoms with E-state index in [-0.39, 0.29) is 22.4 Å². The maximum Gasteiger partial charge on any atom is 0.336 e. The molecule has 0 aliphatic rings. The summed E-state index contributed by atoms with van der Waals surface area (Å²) in [5.74, 6) is -1.96. The Hall–Kier alpha value is -3.60. The first kappa shape index (κ1) is 17.2. The van der Waals surface area contributed by atoms with Crippen LogP contribution < -0.4 is 5.32 Å². The van der Waals surface area contributed by atoms with E-state index in [9.17, 15) is 19.8 Å². The van der Waals surface area contributed by atoms with Crippen LogP contribution in [0.25, 0.3) is 0 Å². The number of ketones is 1. The third kappa shape index (κ3) is 3.28. The molecule has 0 heterocycles. The van der Waals surface area contributed by atoms with Gasteiger partial charge in [-0.1, -0.05) is 42.5 Å². The predicted octanol–water partition coefficient (Wildman–Crippen LogP) is 4.37. The minimum Gasteiger partial charge on any atom is -0.505 e. The first-order valence-corrected chi connectivity index (χ1v) is 8.00. The van der Waals surface area contributed by atoms with Crippen molar-refractivity contribution in [1.29, 1.82) is 0 Å². The lowest BCUT2D eigenvalue weighted by molar-refractivity contribution is 0.0692. The summed E-state index contributed by atoms with van der Waals surface area (Å²) in [5.41, 5.74) is 2.13. The van der Waals surface area contributed by atoms with E-state index < -0.39 is 11.8 Å². The van der Waals surface area contributed by atoms with Gasteiger partial charge < -0.3 is 15.5 Å². The first-order chi connectivity index (χ1) is 12.5. The molecule has 5 nitrogen and oxygen atoms in total. The highest BCUT2D eigenvalue weighted by Crippen LogP contribution is 2.33. The molecule has 0 aliphatic heterocycles. The summed E-state index contributed by atoms with van der Waals surface area (Å²) in [4.78, 5) is 24.2. The number of carbonyl (C=O) groups is 2. The number of carbonyl (C=O) groups excluding carboxylic acids is 1. The molecule has 3 aromatic carbocycles. The van der Waals surface area contributed by atoms with Gasteiger partial charge in [-0.3, -0.25) is 4.79 Å². The van der Waals surface area contributed by atoms with Crippen LogP contribution in [0.1, 0.15) is 31.8 Å². The van der Waals surface area contributed by atoms with Gasteiger partial charge in [0.15, 0.2) is 5.78 Å². The lowest BCUT2D eigenvalue weighted by atomic mass is 9.97. The average Bonchev–Trinajstić information content (AvgIpc) is 2.64. The fourth-order valence-electron chi connectivity index (χ4n) is 2.70. The first-order valence-electron chi connectivity index (χ1n) is 8.00. The van der Waals surface area contributed by atoms with Gasteiger partial charge in [-0.05, 0) is 36.8 Å². The van der Waals surface area contributed by atoms with E-state index in [0.717, 1.165) is 11.3 Å². The second-order valence-electron chi connectivity index (χ2n) is 5.82. The number of phenols is 1. The number of aromatic hydroxyl groups is 1. The third-order valence-electron chi connectivity index (χ3n) is 4.10. The maximum absolute atomic E-state index is 12.8. The molecule has 0 aromatic heterocycles. The molecule has 0 fully saturated rings. The van der Waals surface area contributed by atoms with Gasteiger partial charge in [0.25, 0.3) is 0 Å². The molecule has 0 amide bonds. The van der Waals surface area contributed by atoms with Crippen molar-refractivity contribution >= 4 is 23.1 Å². The average molecular weight is 347 g/mol. The van der Waals surface area contributed by atoms with E-state index in [1.54, 1.807) is 24.3 Å². The van der Waals surface area contributed by atoms with Crippen LogP contribution in [-0.4, -0.2) is 22.0 Å². The molecule has 0 saturated heterocycles. The summed E-state index contributed by atoms with van der Waals surface area (Å²) < 4.78 is 0. The SMILES string of the molecule is Cc1ccccc1Nc1cccc(C(=O)c2ccccc2C(=O)O)c1O. The third-order valence-corrected chi connectivity index (χ3v) is 4.10. The Labute approximate surface area is 150 Å². The van der Waals surface area contributed by atoms with Crippen molar-refractivity contribution in [2.75, 3.05) is 5.32 Å². The zero-order chi connectivity index (χ0) is 18.7. The minimum absolute atomic E-state index is 0.0309. The van der Waals surface area contributed by atoms with E-state index in [0.29, 0.717) is 5.69 Å². The number of carboxylic acids is 1. The topological polar surface area (TPSA) is 86.6 Å². The van der Waals surface area contributed by atoms with Crippen LogP contribution in [0.4, 0.5) is 11.4 Å². The highest BCUT2D eigenvalue weighted by molar-refractivity contribution is 6.16. The standard InChI is InChI=1S/C21H17NO4/c1-13-7-2-5-11-17(13)22-18-12-6-10-16(20(18)24)19(23)14-8-3-4-9-15(14)21(25)26/h2-12,22,24H,1H3,(H,25,26). The van der Waals surface area contributed by atoms with Crippen LogP contribution in [-0.2, 0) is 0 Å². The summed E-state index contributed by atoms with van der Waals surface area (Å²) in [7, 11) is 0. The van der Waals surface area contributed by atoms with E-state index in [4.69, 9.17) is 0 Å². The highest BCUT2D eigenvalue weighted by Gasteiger charge is 2.21. The number of phenolic OH excluding ortho intramolecular Hbond substituents is 1. The number of para-hydroxylation sites is 2. The maximum atomic E-state index is 12.8. The van der Waals surface area contributed by atoms with Crippen LogP contribution in [0.5, 0.6) is 5.75 Å². The van der Waals surface area contributed by atoms with Crippen molar-refractivity contribution in [3.63, 3.8) is 0 Å². The number of benzene rings is 3. The fourth-order valence-corrected chi connectivity index (χ4v) is 2.70. The Kier molecular flexibility index (Phi) is 4.71. The molecule has 0 saturated carbocycles. The molecular weight excluding hydrogens is 330 g/mol. The lowest BCUT2D eigenvalue weighted by Gasteiger charge is -2.13. The number of hydrogen-bond donors (Lipinski definition) is 3. The summed E-state index contributed by atoms with van der Waals surface area (Å²) in [6.45, 7) is 1.93. The summed E-state index contributed by atoms with van der Waals surface area (Å²) >= 11 is 0. The summed E-state index contributed by atoms with van der Waals surface area (Å²) in [5, 5.41) is 23.0. The normalized spacial score (nSPS) is 10.3. The monoisotopic (exact) mass is 347 g/mol. The number of rotatable bonds is 5. The zero-order valence-electron chi connectivity index (χ0n) is 14.1. The number of anilines is 2. The van der Waals surface area contributed by atoms with Gasteiger partial charge in [0.2, 0.25) is 0 Å². The molecule has 26 heavy (non-hydrogen) atoms. The van der Waals surface area contributed by atoms with Crippen molar-refractivity contribution < 1.29 is 19.8 Å². The lowest BCUT2D eigenvalue weighted by Crippen LogP contribution is -2.10. The molecule has 3 N–H and O–H groups in total. The van der Waals surface area contributed by atoms with Gasteiger partial charge in [0.1, 0.15) is 5.75 Å². The Morgan fingerprint density at radius 2 is 1.35 bits per heavy atom. The highest BCUT2D eigenvalue weighted by atomic mass is 16.4. The van der Waals surface area contributed by atoms with Crippen molar-refractivity contribution in [3.05, 3.63) is 89.0 Å². The molecule has 5 heteroatoms. The predicted molar refractivity (Wildman–Crippen MR) is 99.4 cm³/mol. The van der Waals surface area contributed by atoms with Crippen molar-refractivity contribution in [2.45, 2.75) is 6.92 Å². The second kappa shape index (κ2) is 7.11. The molecule has 0 aliphatic carbocycles. The fraction of sp³-hybridized carbons (Fsp3) is 0.0476. The van der Waals surface area contributed by atoms with Gasteiger partial charge in [-0.25, -0.2) is 4.79 Å². The summed E-state index contributed by atoms with van der Waals surface area (Å²) in [6, 6.07) is 18.3. The van der Waals surface area contributed by atoms with Crippen LogP contribution >= 0.6 is 0 Å². The van der Waals surface area contributed by atoms with E-state index >= 15 is 0 Å². The Morgan fingerprint density at radius 3 is 2.04 bits per heavy atom. The number of aryl methyl sites for hydroxylation is 1. The number of nitrogens with one attached hydrogen (secondary N) is 1. The molecule has 0 radical (unpaired) electrons. The number of hydrogen-bond acceptors (Lipinski definition) is 4. The van der Waals surface area contributed by atoms with Crippen LogP contribution in [0.15, 0.2) is 66.7 Å². The molecule has 3 aromatic rings. The van der Waals surface area contributed by atoms with Crippen molar-refractivity contribution in [2.24, 2.45) is 0 Å². The number of carboxylic acid groups (broad SMARTS) is 1. The zero-order valence-corrected chi connectivity index (χ0v) is 14.1. The quantitative estimate of drug-likeness (QED) is 0.471. The van der Waals surface area contributed by atoms with Crippen LogP contribution in [0, 0.1) is 6.92 Å². The van der Waals surface area contributed by atoms with E-state index in [1.807, 2.05) is 31.2 Å². The van der Waals surface area contributed by atoms with Gasteiger partial charge in [0, 0.05) is 11.3 Å². The smallest absolute Gasteiger partial charge is 0.336 e.